The van der Waals surface area contributed by atoms with Crippen molar-refractivity contribution >= 4 is 5.69 Å². The van der Waals surface area contributed by atoms with Crippen LogP contribution in [0, 0.1) is 5.82 Å². The van der Waals surface area contributed by atoms with Crippen LogP contribution in [0.3, 0.4) is 0 Å². The lowest BCUT2D eigenvalue weighted by Gasteiger charge is -2.38. The van der Waals surface area contributed by atoms with Gasteiger partial charge in [0, 0.05) is 45.1 Å². The van der Waals surface area contributed by atoms with Crippen molar-refractivity contribution in [3.8, 4) is 5.75 Å². The lowest BCUT2D eigenvalue weighted by atomic mass is 10.1. The molecule has 0 spiro atoms. The molecular formula is C22H25FN4O. The van der Waals surface area contributed by atoms with Gasteiger partial charge in [0.1, 0.15) is 11.6 Å². The molecule has 4 rings (SSSR count). The molecule has 146 valence electrons. The van der Waals surface area contributed by atoms with Crippen LogP contribution in [0.1, 0.15) is 11.6 Å². The average molecular weight is 380 g/mol. The summed E-state index contributed by atoms with van der Waals surface area (Å²) in [5.74, 6) is 0.706. The topological polar surface area (TPSA) is 33.5 Å². The van der Waals surface area contributed by atoms with E-state index in [1.54, 1.807) is 13.3 Å². The Hall–Kier alpha value is -2.86. The number of anilines is 1. The molecule has 1 fully saturated rings. The SMILES string of the molecule is COc1ccccc1N1CCN(CC(c2ccc(F)cc2)n2ccnc2)CC1. The van der Waals surface area contributed by atoms with Crippen LogP contribution >= 0.6 is 0 Å². The van der Waals surface area contributed by atoms with E-state index in [0.29, 0.717) is 0 Å². The fraction of sp³-hybridized carbons (Fsp3) is 0.318. The highest BCUT2D eigenvalue weighted by molar-refractivity contribution is 5.58. The quantitative estimate of drug-likeness (QED) is 0.656. The van der Waals surface area contributed by atoms with Crippen LogP contribution in [0.4, 0.5) is 10.1 Å². The maximum atomic E-state index is 13.4. The summed E-state index contributed by atoms with van der Waals surface area (Å²) in [4.78, 5) is 9.03. The standard InChI is InChI=1S/C22H25FN4O/c1-28-22-5-3-2-4-20(22)26-14-12-25(13-15-26)16-21(27-11-10-24-17-27)18-6-8-19(23)9-7-18/h2-11,17,21H,12-16H2,1H3. The molecule has 5 nitrogen and oxygen atoms in total. The van der Waals surface area contributed by atoms with Gasteiger partial charge in [-0.25, -0.2) is 9.37 Å². The number of halogens is 1. The maximum Gasteiger partial charge on any atom is 0.142 e. The van der Waals surface area contributed by atoms with E-state index >= 15 is 0 Å². The predicted molar refractivity (Wildman–Crippen MR) is 108 cm³/mol. The summed E-state index contributed by atoms with van der Waals surface area (Å²) in [6, 6.07) is 15.1. The zero-order valence-corrected chi connectivity index (χ0v) is 16.0. The van der Waals surface area contributed by atoms with Gasteiger partial charge in [0.15, 0.2) is 0 Å². The Morgan fingerprint density at radius 2 is 1.79 bits per heavy atom. The van der Waals surface area contributed by atoms with Crippen LogP contribution < -0.4 is 9.64 Å². The number of piperazine rings is 1. The van der Waals surface area contributed by atoms with Crippen LogP contribution in [0.2, 0.25) is 0 Å². The van der Waals surface area contributed by atoms with Gasteiger partial charge in [0.05, 0.1) is 25.2 Å². The van der Waals surface area contributed by atoms with Gasteiger partial charge in [-0.15, -0.1) is 0 Å². The van der Waals surface area contributed by atoms with E-state index in [2.05, 4.69) is 25.4 Å². The van der Waals surface area contributed by atoms with Crippen molar-refractivity contribution in [2.75, 3.05) is 44.7 Å². The van der Waals surface area contributed by atoms with Crippen molar-refractivity contribution in [2.24, 2.45) is 0 Å². The summed E-state index contributed by atoms with van der Waals surface area (Å²) < 4.78 is 21.0. The van der Waals surface area contributed by atoms with Crippen molar-refractivity contribution in [3.05, 3.63) is 78.6 Å². The molecule has 3 aromatic rings. The fourth-order valence-corrected chi connectivity index (χ4v) is 3.82. The molecule has 1 unspecified atom stereocenters. The van der Waals surface area contributed by atoms with E-state index in [-0.39, 0.29) is 11.9 Å². The van der Waals surface area contributed by atoms with Gasteiger partial charge >= 0.3 is 0 Å². The molecular weight excluding hydrogens is 355 g/mol. The van der Waals surface area contributed by atoms with Crippen LogP contribution in [0.25, 0.3) is 0 Å². The summed E-state index contributed by atoms with van der Waals surface area (Å²) in [6.45, 7) is 4.68. The van der Waals surface area contributed by atoms with Crippen molar-refractivity contribution < 1.29 is 9.13 Å². The number of ether oxygens (including phenoxy) is 1. The molecule has 6 heteroatoms. The summed E-state index contributed by atoms with van der Waals surface area (Å²) in [5, 5.41) is 0. The first kappa shape index (κ1) is 18.5. The van der Waals surface area contributed by atoms with Crippen molar-refractivity contribution in [3.63, 3.8) is 0 Å². The van der Waals surface area contributed by atoms with Crippen LogP contribution in [0.5, 0.6) is 5.75 Å². The number of aromatic nitrogens is 2. The number of nitrogens with zero attached hydrogens (tertiary/aromatic N) is 4. The minimum absolute atomic E-state index is 0.112. The van der Waals surface area contributed by atoms with Crippen molar-refractivity contribution in [2.45, 2.75) is 6.04 Å². The molecule has 0 amide bonds. The molecule has 1 atom stereocenters. The summed E-state index contributed by atoms with van der Waals surface area (Å²) in [7, 11) is 1.72. The van der Waals surface area contributed by atoms with Crippen LogP contribution in [-0.4, -0.2) is 54.3 Å². The highest BCUT2D eigenvalue weighted by Gasteiger charge is 2.23. The molecule has 0 aliphatic carbocycles. The highest BCUT2D eigenvalue weighted by Crippen LogP contribution is 2.29. The summed E-state index contributed by atoms with van der Waals surface area (Å²) >= 11 is 0. The Bertz CT molecular complexity index is 874. The number of imidazole rings is 1. The normalized spacial score (nSPS) is 16.1. The first-order valence-corrected chi connectivity index (χ1v) is 9.58. The molecule has 2 aromatic carbocycles. The zero-order chi connectivity index (χ0) is 19.3. The van der Waals surface area contributed by atoms with Gasteiger partial charge in [-0.3, -0.25) is 4.90 Å². The molecule has 1 saturated heterocycles. The molecule has 1 aliphatic heterocycles. The predicted octanol–water partition coefficient (Wildman–Crippen LogP) is 3.44. The number of para-hydroxylation sites is 2. The number of hydrogen-bond donors (Lipinski definition) is 0. The van der Waals surface area contributed by atoms with E-state index < -0.39 is 0 Å². The Morgan fingerprint density at radius 1 is 1.04 bits per heavy atom. The van der Waals surface area contributed by atoms with Gasteiger partial charge in [-0.1, -0.05) is 24.3 Å². The maximum absolute atomic E-state index is 13.4. The number of hydrogen-bond acceptors (Lipinski definition) is 4. The first-order valence-electron chi connectivity index (χ1n) is 9.58. The van der Waals surface area contributed by atoms with Crippen LogP contribution in [-0.2, 0) is 0 Å². The molecule has 28 heavy (non-hydrogen) atoms. The molecule has 0 bridgehead atoms. The first-order chi connectivity index (χ1) is 13.7. The monoisotopic (exact) mass is 380 g/mol. The third kappa shape index (κ3) is 4.02. The smallest absolute Gasteiger partial charge is 0.142 e. The van der Waals surface area contributed by atoms with E-state index in [9.17, 15) is 4.39 Å². The molecule has 1 aromatic heterocycles. The number of rotatable bonds is 6. The van der Waals surface area contributed by atoms with E-state index in [0.717, 1.165) is 49.7 Å². The summed E-state index contributed by atoms with van der Waals surface area (Å²) in [5.41, 5.74) is 2.24. The van der Waals surface area contributed by atoms with Gasteiger partial charge in [-0.05, 0) is 29.8 Å². The average Bonchev–Trinajstić information content (AvgIpc) is 3.28. The van der Waals surface area contributed by atoms with Gasteiger partial charge in [0.2, 0.25) is 0 Å². The molecule has 2 heterocycles. The Kier molecular flexibility index (Phi) is 5.58. The van der Waals surface area contributed by atoms with Gasteiger partial charge in [-0.2, -0.15) is 0 Å². The van der Waals surface area contributed by atoms with Crippen molar-refractivity contribution in [1.82, 2.24) is 14.5 Å². The molecule has 0 N–H and O–H groups in total. The Morgan fingerprint density at radius 3 is 2.46 bits per heavy atom. The lowest BCUT2D eigenvalue weighted by Crippen LogP contribution is -2.48. The largest absolute Gasteiger partial charge is 0.495 e. The second-order valence-corrected chi connectivity index (χ2v) is 7.04. The highest BCUT2D eigenvalue weighted by atomic mass is 19.1. The minimum atomic E-state index is -0.210. The zero-order valence-electron chi connectivity index (χ0n) is 16.0. The second kappa shape index (κ2) is 8.44. The third-order valence-electron chi connectivity index (χ3n) is 5.37. The van der Waals surface area contributed by atoms with Crippen molar-refractivity contribution in [1.29, 1.82) is 0 Å². The molecule has 0 saturated carbocycles. The lowest BCUT2D eigenvalue weighted by molar-refractivity contribution is 0.231. The molecule has 1 aliphatic rings. The van der Waals surface area contributed by atoms with E-state index in [1.807, 2.05) is 42.9 Å². The number of methoxy groups -OCH3 is 1. The van der Waals surface area contributed by atoms with Gasteiger partial charge < -0.3 is 14.2 Å². The second-order valence-electron chi connectivity index (χ2n) is 7.04. The summed E-state index contributed by atoms with van der Waals surface area (Å²) in [6.07, 6.45) is 5.59. The molecule has 0 radical (unpaired) electrons. The Balaban J connectivity index is 1.45. The number of benzene rings is 2. The third-order valence-corrected chi connectivity index (χ3v) is 5.37. The van der Waals surface area contributed by atoms with Gasteiger partial charge in [0.25, 0.3) is 0 Å². The van der Waals surface area contributed by atoms with Crippen LogP contribution in [0.15, 0.2) is 67.3 Å². The van der Waals surface area contributed by atoms with E-state index in [1.165, 1.54) is 12.1 Å². The minimum Gasteiger partial charge on any atom is -0.495 e. The Labute approximate surface area is 165 Å². The van der Waals surface area contributed by atoms with E-state index in [4.69, 9.17) is 4.74 Å². The fourth-order valence-electron chi connectivity index (χ4n) is 3.82.